The van der Waals surface area contributed by atoms with Gasteiger partial charge in [-0.25, -0.2) is 4.79 Å². The van der Waals surface area contributed by atoms with Crippen LogP contribution in [0.2, 0.25) is 0 Å². The van der Waals surface area contributed by atoms with Crippen molar-refractivity contribution in [1.29, 1.82) is 0 Å². The molecule has 1 unspecified atom stereocenters. The summed E-state index contributed by atoms with van der Waals surface area (Å²) in [6.07, 6.45) is -2.26. The molecule has 16 heavy (non-hydrogen) atoms. The number of carbonyl (C=O) groups excluding carboxylic acids is 1. The fraction of sp³-hybridized carbons (Fsp3) is 0.273. The Bertz CT molecular complexity index is 360. The van der Waals surface area contributed by atoms with Gasteiger partial charge >= 0.3 is 11.9 Å². The highest BCUT2D eigenvalue weighted by Crippen LogP contribution is 2.03. The van der Waals surface area contributed by atoms with E-state index in [1.807, 2.05) is 6.07 Å². The van der Waals surface area contributed by atoms with E-state index in [0.29, 0.717) is 0 Å². The maximum Gasteiger partial charge on any atom is 0.335 e. The number of carboxylic acid groups (broad SMARTS) is 1. The Kier molecular flexibility index (Phi) is 4.47. The molecule has 0 radical (unpaired) electrons. The topological polar surface area (TPSA) is 83.8 Å². The molecule has 0 fully saturated rings. The Morgan fingerprint density at radius 3 is 2.44 bits per heavy atom. The number of hydrogen-bond acceptors (Lipinski definition) is 4. The van der Waals surface area contributed by atoms with E-state index in [4.69, 9.17) is 14.9 Å². The van der Waals surface area contributed by atoms with Crippen molar-refractivity contribution in [1.82, 2.24) is 0 Å². The lowest BCUT2D eigenvalue weighted by Crippen LogP contribution is -2.25. The van der Waals surface area contributed by atoms with Crippen molar-refractivity contribution in [3.05, 3.63) is 35.9 Å². The van der Waals surface area contributed by atoms with Gasteiger partial charge in [0.05, 0.1) is 6.42 Å². The van der Waals surface area contributed by atoms with E-state index in [1.165, 1.54) is 0 Å². The standard InChI is InChI=1S/C11H12O5/c12-9(6-10(13)14)11(15)16-7-8-4-2-1-3-5-8/h1-5,9,12H,6-7H2,(H,13,14). The summed E-state index contributed by atoms with van der Waals surface area (Å²) in [5.41, 5.74) is 0.776. The van der Waals surface area contributed by atoms with Crippen molar-refractivity contribution in [2.75, 3.05) is 0 Å². The summed E-state index contributed by atoms with van der Waals surface area (Å²) in [7, 11) is 0. The number of esters is 1. The van der Waals surface area contributed by atoms with E-state index >= 15 is 0 Å². The van der Waals surface area contributed by atoms with Crippen LogP contribution in [0.5, 0.6) is 0 Å². The van der Waals surface area contributed by atoms with Gasteiger partial charge in [0.15, 0.2) is 6.10 Å². The zero-order valence-corrected chi connectivity index (χ0v) is 8.50. The first-order valence-corrected chi connectivity index (χ1v) is 4.70. The Hall–Kier alpha value is -1.88. The second-order valence-electron chi connectivity index (χ2n) is 3.21. The maximum absolute atomic E-state index is 11.1. The maximum atomic E-state index is 11.1. The van der Waals surface area contributed by atoms with Crippen molar-refractivity contribution >= 4 is 11.9 Å². The van der Waals surface area contributed by atoms with E-state index < -0.39 is 24.5 Å². The van der Waals surface area contributed by atoms with Gasteiger partial charge in [0.2, 0.25) is 0 Å². The lowest BCUT2D eigenvalue weighted by molar-refractivity contribution is -0.159. The van der Waals surface area contributed by atoms with Crippen LogP contribution in [0.4, 0.5) is 0 Å². The fourth-order valence-corrected chi connectivity index (χ4v) is 1.07. The molecule has 0 spiro atoms. The van der Waals surface area contributed by atoms with Crippen molar-refractivity contribution in [3.8, 4) is 0 Å². The molecule has 0 aliphatic carbocycles. The number of aliphatic carboxylic acids is 1. The van der Waals surface area contributed by atoms with Crippen LogP contribution in [0.25, 0.3) is 0 Å². The van der Waals surface area contributed by atoms with Crippen LogP contribution in [0.15, 0.2) is 30.3 Å². The minimum atomic E-state index is -1.61. The van der Waals surface area contributed by atoms with Gasteiger partial charge in [0.25, 0.3) is 0 Å². The average molecular weight is 224 g/mol. The zero-order chi connectivity index (χ0) is 12.0. The summed E-state index contributed by atoms with van der Waals surface area (Å²) < 4.78 is 4.74. The van der Waals surface area contributed by atoms with Gasteiger partial charge < -0.3 is 14.9 Å². The Balaban J connectivity index is 2.38. The summed E-state index contributed by atoms with van der Waals surface area (Å²) >= 11 is 0. The lowest BCUT2D eigenvalue weighted by atomic mass is 10.2. The molecular weight excluding hydrogens is 212 g/mol. The minimum absolute atomic E-state index is 0.0242. The monoisotopic (exact) mass is 224 g/mol. The molecule has 1 aromatic rings. The highest BCUT2D eigenvalue weighted by Gasteiger charge is 2.19. The third kappa shape index (κ3) is 4.10. The number of benzene rings is 1. The molecule has 1 aromatic carbocycles. The second-order valence-corrected chi connectivity index (χ2v) is 3.21. The number of aliphatic hydroxyl groups is 1. The third-order valence-electron chi connectivity index (χ3n) is 1.86. The molecule has 0 bridgehead atoms. The van der Waals surface area contributed by atoms with Gasteiger partial charge in [-0.2, -0.15) is 0 Å². The second kappa shape index (κ2) is 5.87. The molecule has 0 saturated carbocycles. The van der Waals surface area contributed by atoms with Gasteiger partial charge in [-0.15, -0.1) is 0 Å². The van der Waals surface area contributed by atoms with Crippen LogP contribution < -0.4 is 0 Å². The Morgan fingerprint density at radius 2 is 1.88 bits per heavy atom. The highest BCUT2D eigenvalue weighted by molar-refractivity contribution is 5.80. The van der Waals surface area contributed by atoms with Crippen LogP contribution in [0, 0.1) is 0 Å². The first-order chi connectivity index (χ1) is 7.59. The normalized spacial score (nSPS) is 11.8. The van der Waals surface area contributed by atoms with Gasteiger partial charge in [0, 0.05) is 0 Å². The molecule has 0 heterocycles. The molecule has 0 saturated heterocycles. The zero-order valence-electron chi connectivity index (χ0n) is 8.50. The van der Waals surface area contributed by atoms with Gasteiger partial charge in [0.1, 0.15) is 6.61 Å². The number of aliphatic hydroxyl groups excluding tert-OH is 1. The van der Waals surface area contributed by atoms with E-state index in [1.54, 1.807) is 24.3 Å². The third-order valence-corrected chi connectivity index (χ3v) is 1.86. The quantitative estimate of drug-likeness (QED) is 0.714. The summed E-state index contributed by atoms with van der Waals surface area (Å²) in [5.74, 6) is -2.17. The van der Waals surface area contributed by atoms with Crippen LogP contribution in [0.1, 0.15) is 12.0 Å². The lowest BCUT2D eigenvalue weighted by Gasteiger charge is -2.08. The molecular formula is C11H12O5. The Labute approximate surface area is 92.3 Å². The SMILES string of the molecule is O=C(O)CC(O)C(=O)OCc1ccccc1. The van der Waals surface area contributed by atoms with Crippen molar-refractivity contribution in [2.24, 2.45) is 0 Å². The first-order valence-electron chi connectivity index (χ1n) is 4.70. The highest BCUT2D eigenvalue weighted by atomic mass is 16.5. The summed E-state index contributed by atoms with van der Waals surface area (Å²) in [5, 5.41) is 17.5. The summed E-state index contributed by atoms with van der Waals surface area (Å²) in [6, 6.07) is 8.92. The van der Waals surface area contributed by atoms with Crippen molar-refractivity contribution in [2.45, 2.75) is 19.1 Å². The molecule has 1 atom stereocenters. The van der Waals surface area contributed by atoms with E-state index in [9.17, 15) is 9.59 Å². The number of carboxylic acids is 1. The van der Waals surface area contributed by atoms with Crippen LogP contribution >= 0.6 is 0 Å². The van der Waals surface area contributed by atoms with E-state index in [-0.39, 0.29) is 6.61 Å². The fourth-order valence-electron chi connectivity index (χ4n) is 1.07. The van der Waals surface area contributed by atoms with E-state index in [0.717, 1.165) is 5.56 Å². The molecule has 0 aliphatic heterocycles. The molecule has 2 N–H and O–H groups in total. The number of carbonyl (C=O) groups is 2. The van der Waals surface area contributed by atoms with Crippen LogP contribution in [-0.4, -0.2) is 28.3 Å². The minimum Gasteiger partial charge on any atom is -0.481 e. The molecule has 0 amide bonds. The molecule has 1 rings (SSSR count). The molecule has 5 heteroatoms. The smallest absolute Gasteiger partial charge is 0.335 e. The van der Waals surface area contributed by atoms with Crippen molar-refractivity contribution < 1.29 is 24.5 Å². The molecule has 86 valence electrons. The summed E-state index contributed by atoms with van der Waals surface area (Å²) in [6.45, 7) is 0.0242. The predicted molar refractivity (Wildman–Crippen MR) is 54.5 cm³/mol. The first kappa shape index (κ1) is 12.2. The molecule has 0 aromatic heterocycles. The summed E-state index contributed by atoms with van der Waals surface area (Å²) in [4.78, 5) is 21.3. The largest absolute Gasteiger partial charge is 0.481 e. The van der Waals surface area contributed by atoms with Crippen molar-refractivity contribution in [3.63, 3.8) is 0 Å². The molecule has 0 aliphatic rings. The Morgan fingerprint density at radius 1 is 1.25 bits per heavy atom. The van der Waals surface area contributed by atoms with E-state index in [2.05, 4.69) is 0 Å². The van der Waals surface area contributed by atoms with Gasteiger partial charge in [-0.05, 0) is 5.56 Å². The number of rotatable bonds is 5. The number of hydrogen-bond donors (Lipinski definition) is 2. The predicted octanol–water partition coefficient (Wildman–Crippen LogP) is 0.565. The average Bonchev–Trinajstić information content (AvgIpc) is 2.26. The van der Waals surface area contributed by atoms with Gasteiger partial charge in [-0.1, -0.05) is 30.3 Å². The van der Waals surface area contributed by atoms with Crippen LogP contribution in [0.3, 0.4) is 0 Å². The van der Waals surface area contributed by atoms with Crippen LogP contribution in [-0.2, 0) is 20.9 Å². The van der Waals surface area contributed by atoms with Gasteiger partial charge in [-0.3, -0.25) is 4.79 Å². The molecule has 5 nitrogen and oxygen atoms in total. The number of ether oxygens (including phenoxy) is 1.